The first-order valence-corrected chi connectivity index (χ1v) is 11.0. The van der Waals surface area contributed by atoms with Crippen molar-refractivity contribution in [1.29, 1.82) is 0 Å². The number of hydrazone groups is 1. The third-order valence-corrected chi connectivity index (χ3v) is 6.18. The number of rotatable bonds is 4. The lowest BCUT2D eigenvalue weighted by atomic mass is 10.1. The van der Waals surface area contributed by atoms with E-state index in [0.717, 1.165) is 55.4 Å². The van der Waals surface area contributed by atoms with E-state index in [4.69, 9.17) is 9.72 Å². The van der Waals surface area contributed by atoms with Gasteiger partial charge in [-0.3, -0.25) is 4.79 Å². The quantitative estimate of drug-likeness (QED) is 0.632. The summed E-state index contributed by atoms with van der Waals surface area (Å²) in [5, 5.41) is 6.45. The Morgan fingerprint density at radius 1 is 0.844 bits per heavy atom. The van der Waals surface area contributed by atoms with Gasteiger partial charge in [-0.25, -0.2) is 5.43 Å². The van der Waals surface area contributed by atoms with E-state index in [9.17, 15) is 4.79 Å². The number of hydrogen-bond donors (Lipinski definition) is 1. The van der Waals surface area contributed by atoms with E-state index < -0.39 is 0 Å². The molecule has 1 aliphatic carbocycles. The summed E-state index contributed by atoms with van der Waals surface area (Å²) in [6.07, 6.45) is 2.25. The lowest BCUT2D eigenvalue weighted by Crippen LogP contribution is -2.38. The average molecular weight is 429 g/mol. The number of aromatic nitrogens is 3. The number of morpholine rings is 1. The molecule has 0 amide bonds. The Morgan fingerprint density at radius 3 is 2.22 bits per heavy atom. The van der Waals surface area contributed by atoms with Crippen LogP contribution in [0.25, 0.3) is 10.8 Å². The van der Waals surface area contributed by atoms with E-state index >= 15 is 0 Å². The summed E-state index contributed by atoms with van der Waals surface area (Å²) >= 11 is 0. The summed E-state index contributed by atoms with van der Waals surface area (Å²) in [5.74, 6) is 1.50. The zero-order valence-corrected chi connectivity index (χ0v) is 17.6. The van der Waals surface area contributed by atoms with Crippen LogP contribution >= 0.6 is 0 Å². The number of hydrogen-bond acceptors (Lipinski definition) is 9. The smallest absolute Gasteiger partial charge is 0.250 e. The number of carbonyl (C=O) groups excluding carboxylic acids is 1. The first-order chi connectivity index (χ1) is 15.8. The molecule has 2 saturated heterocycles. The predicted octanol–water partition coefficient (Wildman–Crippen LogP) is 2.47. The number of Topliss-reactive ketones (excluding diaryl/α,β-unsaturated/α-hetero) is 1. The molecule has 9 nitrogen and oxygen atoms in total. The molecule has 0 radical (unpaired) electrons. The van der Waals surface area contributed by atoms with Crippen LogP contribution in [0.5, 0.6) is 0 Å². The minimum atomic E-state index is -0.0912. The summed E-state index contributed by atoms with van der Waals surface area (Å²) in [7, 11) is 0. The third kappa shape index (κ3) is 3.25. The topological polar surface area (TPSA) is 95.8 Å². The zero-order valence-electron chi connectivity index (χ0n) is 17.6. The summed E-state index contributed by atoms with van der Waals surface area (Å²) in [5.41, 5.74) is 4.85. The first-order valence-electron chi connectivity index (χ1n) is 11.0. The summed E-state index contributed by atoms with van der Waals surface area (Å²) in [6, 6.07) is 11.6. The highest BCUT2D eigenvalue weighted by Crippen LogP contribution is 2.31. The lowest BCUT2D eigenvalue weighted by molar-refractivity contribution is 0.107. The summed E-state index contributed by atoms with van der Waals surface area (Å²) < 4.78 is 5.47. The molecule has 0 saturated carbocycles. The molecule has 2 aliphatic heterocycles. The fourth-order valence-electron chi connectivity index (χ4n) is 4.56. The van der Waals surface area contributed by atoms with Gasteiger partial charge < -0.3 is 14.5 Å². The number of benzene rings is 2. The molecule has 0 unspecified atom stereocenters. The number of nitrogens with zero attached hydrogens (tertiary/aromatic N) is 6. The van der Waals surface area contributed by atoms with Crippen LogP contribution in [0.2, 0.25) is 0 Å². The van der Waals surface area contributed by atoms with E-state index in [1.54, 1.807) is 0 Å². The number of carbonyl (C=O) groups is 1. The van der Waals surface area contributed by atoms with Gasteiger partial charge in [-0.05, 0) is 18.2 Å². The molecule has 3 heterocycles. The van der Waals surface area contributed by atoms with Gasteiger partial charge >= 0.3 is 0 Å². The maximum Gasteiger partial charge on any atom is 0.250 e. The van der Waals surface area contributed by atoms with Gasteiger partial charge in [0.15, 0.2) is 0 Å². The Balaban J connectivity index is 1.36. The highest BCUT2D eigenvalue weighted by atomic mass is 16.5. The minimum Gasteiger partial charge on any atom is -0.378 e. The van der Waals surface area contributed by atoms with E-state index in [1.165, 1.54) is 0 Å². The fourth-order valence-corrected chi connectivity index (χ4v) is 4.56. The van der Waals surface area contributed by atoms with Crippen LogP contribution in [0.15, 0.2) is 41.5 Å². The van der Waals surface area contributed by atoms with Crippen LogP contribution in [-0.4, -0.2) is 65.8 Å². The van der Waals surface area contributed by atoms with Gasteiger partial charge in [0.2, 0.25) is 23.6 Å². The molecule has 2 fully saturated rings. The molecule has 1 N–H and O–H groups in total. The zero-order chi connectivity index (χ0) is 21.5. The van der Waals surface area contributed by atoms with Crippen molar-refractivity contribution in [2.45, 2.75) is 12.8 Å². The third-order valence-electron chi connectivity index (χ3n) is 6.18. The molecule has 6 rings (SSSR count). The lowest BCUT2D eigenvalue weighted by Gasteiger charge is -2.27. The van der Waals surface area contributed by atoms with Gasteiger partial charge in [0.1, 0.15) is 5.71 Å². The van der Waals surface area contributed by atoms with Crippen molar-refractivity contribution in [2.75, 3.05) is 54.6 Å². The second-order valence-corrected chi connectivity index (χ2v) is 8.16. The molecule has 0 atom stereocenters. The largest absolute Gasteiger partial charge is 0.378 e. The molecule has 2 aromatic carbocycles. The van der Waals surface area contributed by atoms with E-state index in [0.29, 0.717) is 42.3 Å². The van der Waals surface area contributed by atoms with Gasteiger partial charge in [-0.15, -0.1) is 0 Å². The van der Waals surface area contributed by atoms with E-state index in [-0.39, 0.29) is 5.78 Å². The van der Waals surface area contributed by atoms with Gasteiger partial charge in [0.25, 0.3) is 0 Å². The Kier molecular flexibility index (Phi) is 4.68. The van der Waals surface area contributed by atoms with Crippen molar-refractivity contribution < 1.29 is 9.53 Å². The number of nitrogens with one attached hydrogen (secondary N) is 1. The van der Waals surface area contributed by atoms with Crippen molar-refractivity contribution in [2.24, 2.45) is 5.10 Å². The van der Waals surface area contributed by atoms with Gasteiger partial charge in [-0.2, -0.15) is 20.1 Å². The van der Waals surface area contributed by atoms with E-state index in [2.05, 4.69) is 30.3 Å². The van der Waals surface area contributed by atoms with Crippen LogP contribution in [0.4, 0.5) is 17.8 Å². The van der Waals surface area contributed by atoms with Gasteiger partial charge in [0.05, 0.1) is 13.2 Å². The van der Waals surface area contributed by atoms with Crippen LogP contribution in [0.1, 0.15) is 28.8 Å². The molecule has 32 heavy (non-hydrogen) atoms. The molecule has 162 valence electrons. The van der Waals surface area contributed by atoms with Crippen molar-refractivity contribution in [3.05, 3.63) is 47.5 Å². The Labute approximate surface area is 185 Å². The van der Waals surface area contributed by atoms with Crippen molar-refractivity contribution >= 4 is 40.1 Å². The van der Waals surface area contributed by atoms with Crippen molar-refractivity contribution in [3.63, 3.8) is 0 Å². The Bertz CT molecular complexity index is 1220. The van der Waals surface area contributed by atoms with Crippen molar-refractivity contribution in [1.82, 2.24) is 15.0 Å². The SMILES string of the molecule is O=C1/C(=N/Nc2nc(N3CCCC3)nc(N3CCOCC3)n2)c2cccc3cccc1c23. The standard InChI is InChI=1S/C23H23N7O2/c31-20-17-8-4-6-15-5-3-7-16(18(15)17)19(20)27-28-21-24-22(29-9-1-2-10-29)26-23(25-21)30-11-13-32-14-12-30/h3-8H,1-2,9-14H2,(H,24,25,26,28)/b27-19+. The average Bonchev–Trinajstić information content (AvgIpc) is 3.47. The van der Waals surface area contributed by atoms with Gasteiger partial charge in [-0.1, -0.05) is 36.4 Å². The Hall–Kier alpha value is -3.59. The van der Waals surface area contributed by atoms with Crippen LogP contribution in [-0.2, 0) is 4.74 Å². The monoisotopic (exact) mass is 429 g/mol. The highest BCUT2D eigenvalue weighted by Gasteiger charge is 2.29. The fraction of sp³-hybridized carbons (Fsp3) is 0.348. The maximum atomic E-state index is 13.0. The minimum absolute atomic E-state index is 0.0912. The number of ketones is 1. The molecule has 0 spiro atoms. The van der Waals surface area contributed by atoms with Gasteiger partial charge in [0, 0.05) is 42.7 Å². The predicted molar refractivity (Wildman–Crippen MR) is 123 cm³/mol. The van der Waals surface area contributed by atoms with Crippen LogP contribution in [0, 0.1) is 0 Å². The summed E-state index contributed by atoms with van der Waals surface area (Å²) in [4.78, 5) is 31.2. The molecule has 0 bridgehead atoms. The van der Waals surface area contributed by atoms with Crippen molar-refractivity contribution in [3.8, 4) is 0 Å². The molecular formula is C23H23N7O2. The number of ether oxygens (including phenoxy) is 1. The molecule has 3 aliphatic rings. The molecular weight excluding hydrogens is 406 g/mol. The van der Waals surface area contributed by atoms with E-state index in [1.807, 2.05) is 36.4 Å². The second kappa shape index (κ2) is 7.83. The molecule has 3 aromatic rings. The summed E-state index contributed by atoms with van der Waals surface area (Å²) in [6.45, 7) is 4.60. The molecule has 9 heteroatoms. The number of anilines is 3. The van der Waals surface area contributed by atoms with Crippen LogP contribution in [0.3, 0.4) is 0 Å². The Morgan fingerprint density at radius 2 is 1.50 bits per heavy atom. The second-order valence-electron chi connectivity index (χ2n) is 8.16. The normalized spacial score (nSPS) is 19.4. The molecule has 1 aromatic heterocycles. The highest BCUT2D eigenvalue weighted by molar-refractivity contribution is 6.59. The first kappa shape index (κ1) is 19.1. The van der Waals surface area contributed by atoms with Crippen LogP contribution < -0.4 is 15.2 Å². The maximum absolute atomic E-state index is 13.0.